The van der Waals surface area contributed by atoms with Crippen LogP contribution in [-0.4, -0.2) is 4.57 Å². The first-order valence-corrected chi connectivity index (χ1v) is 13.9. The maximum atomic E-state index is 3.63. The molecular weight excluding hydrogens is 540 g/mol. The molecule has 2 nitrogen and oxygen atoms in total. The maximum Gasteiger partial charge on any atom is 0.0548 e. The lowest BCUT2D eigenvalue weighted by atomic mass is 9.99. The number of hydrogen-bond donors (Lipinski definition) is 0. The van der Waals surface area contributed by atoms with Crippen molar-refractivity contribution < 1.29 is 0 Å². The number of halogens is 1. The number of benzene rings is 7. The van der Waals surface area contributed by atoms with Gasteiger partial charge in [0.15, 0.2) is 0 Å². The van der Waals surface area contributed by atoms with Crippen molar-refractivity contribution in [3.05, 3.63) is 144 Å². The minimum Gasteiger partial charge on any atom is -0.310 e. The van der Waals surface area contributed by atoms with Crippen molar-refractivity contribution in [1.82, 2.24) is 4.57 Å². The second-order valence-electron chi connectivity index (χ2n) is 9.98. The highest BCUT2D eigenvalue weighted by atomic mass is 79.9. The number of fused-ring (bicyclic) bond motifs is 1. The molecule has 0 amide bonds. The summed E-state index contributed by atoms with van der Waals surface area (Å²) in [6, 6.07) is 50.3. The van der Waals surface area contributed by atoms with Crippen LogP contribution in [0.1, 0.15) is 0 Å². The quantitative estimate of drug-likeness (QED) is 0.193. The van der Waals surface area contributed by atoms with Crippen LogP contribution in [0.5, 0.6) is 0 Å². The maximum absolute atomic E-state index is 3.63. The minimum absolute atomic E-state index is 1.07. The molecule has 0 bridgehead atoms. The molecule has 8 aromatic rings. The summed E-state index contributed by atoms with van der Waals surface area (Å²) in [4.78, 5) is 2.39. The van der Waals surface area contributed by atoms with Crippen molar-refractivity contribution in [2.24, 2.45) is 0 Å². The van der Waals surface area contributed by atoms with Gasteiger partial charge in [0.25, 0.3) is 0 Å². The summed E-state index contributed by atoms with van der Waals surface area (Å²) in [6.45, 7) is 0. The molecule has 1 heterocycles. The summed E-state index contributed by atoms with van der Waals surface area (Å²) in [6.07, 6.45) is 0. The number of aromatic nitrogens is 1. The number of nitrogens with zero attached hydrogens (tertiary/aromatic N) is 2. The molecule has 0 aliphatic heterocycles. The van der Waals surface area contributed by atoms with Crippen LogP contribution in [0.4, 0.5) is 17.1 Å². The van der Waals surface area contributed by atoms with Gasteiger partial charge in [0.2, 0.25) is 0 Å². The molecule has 0 saturated heterocycles. The number of anilines is 3. The Morgan fingerprint density at radius 3 is 2.03 bits per heavy atom. The third kappa shape index (κ3) is 3.47. The van der Waals surface area contributed by atoms with Crippen molar-refractivity contribution in [2.75, 3.05) is 4.90 Å². The monoisotopic (exact) mass is 562 g/mol. The fraction of sp³-hybridized carbons (Fsp3) is 0. The zero-order chi connectivity index (χ0) is 25.9. The molecule has 184 valence electrons. The molecular formula is C36H23BrN2. The smallest absolute Gasteiger partial charge is 0.0548 e. The van der Waals surface area contributed by atoms with Gasteiger partial charge in [-0.25, -0.2) is 0 Å². The van der Waals surface area contributed by atoms with Crippen LogP contribution in [0, 0.1) is 0 Å². The fourth-order valence-corrected chi connectivity index (χ4v) is 6.32. The van der Waals surface area contributed by atoms with Crippen LogP contribution in [-0.2, 0) is 0 Å². The molecule has 7 aromatic carbocycles. The van der Waals surface area contributed by atoms with Gasteiger partial charge < -0.3 is 9.47 Å². The average molecular weight is 563 g/mol. The van der Waals surface area contributed by atoms with Crippen LogP contribution < -0.4 is 4.90 Å². The molecule has 0 atom stereocenters. The van der Waals surface area contributed by atoms with E-state index in [4.69, 9.17) is 0 Å². The molecule has 3 heteroatoms. The van der Waals surface area contributed by atoms with E-state index < -0.39 is 0 Å². The lowest BCUT2D eigenvalue weighted by Gasteiger charge is -2.27. The number of hydrogen-bond acceptors (Lipinski definition) is 1. The van der Waals surface area contributed by atoms with E-state index in [0.717, 1.165) is 21.5 Å². The van der Waals surface area contributed by atoms with Crippen molar-refractivity contribution in [3.63, 3.8) is 0 Å². The van der Waals surface area contributed by atoms with E-state index in [1.165, 1.54) is 49.0 Å². The van der Waals surface area contributed by atoms with E-state index in [1.807, 2.05) is 0 Å². The zero-order valence-electron chi connectivity index (χ0n) is 21.1. The predicted octanol–water partition coefficient (Wildman–Crippen LogP) is 10.8. The lowest BCUT2D eigenvalue weighted by molar-refractivity contribution is 1.18. The van der Waals surface area contributed by atoms with Crippen molar-refractivity contribution in [3.8, 4) is 5.69 Å². The third-order valence-electron chi connectivity index (χ3n) is 7.77. The predicted molar refractivity (Wildman–Crippen MR) is 169 cm³/mol. The van der Waals surface area contributed by atoms with Gasteiger partial charge >= 0.3 is 0 Å². The molecule has 0 saturated carbocycles. The third-order valence-corrected chi connectivity index (χ3v) is 8.30. The van der Waals surface area contributed by atoms with E-state index in [-0.39, 0.29) is 0 Å². The highest BCUT2D eigenvalue weighted by Crippen LogP contribution is 2.46. The van der Waals surface area contributed by atoms with Gasteiger partial charge in [0, 0.05) is 37.7 Å². The fourth-order valence-electron chi connectivity index (χ4n) is 6.06. The highest BCUT2D eigenvalue weighted by molar-refractivity contribution is 9.10. The standard InChI is InChI=1S/C36H23BrN2/c37-27-15-18-29(19-16-27)38(30-17-13-24-7-4-5-8-26(24)23-30)32-21-22-34-36-31(32)20-14-25-9-6-12-33(35(25)36)39(34)28-10-2-1-3-11-28/h1-23H. The van der Waals surface area contributed by atoms with E-state index in [9.17, 15) is 0 Å². The Morgan fingerprint density at radius 1 is 0.487 bits per heavy atom. The molecule has 1 aromatic heterocycles. The van der Waals surface area contributed by atoms with Crippen LogP contribution in [0.2, 0.25) is 0 Å². The summed E-state index contributed by atoms with van der Waals surface area (Å²) in [5.74, 6) is 0. The van der Waals surface area contributed by atoms with Gasteiger partial charge in [-0.15, -0.1) is 0 Å². The van der Waals surface area contributed by atoms with E-state index in [1.54, 1.807) is 0 Å². The summed E-state index contributed by atoms with van der Waals surface area (Å²) in [7, 11) is 0. The highest BCUT2D eigenvalue weighted by Gasteiger charge is 2.22. The first-order valence-electron chi connectivity index (χ1n) is 13.1. The molecule has 8 rings (SSSR count). The molecule has 0 N–H and O–H groups in total. The van der Waals surface area contributed by atoms with Gasteiger partial charge in [0.1, 0.15) is 0 Å². The molecule has 0 unspecified atom stereocenters. The summed E-state index contributed by atoms with van der Waals surface area (Å²) < 4.78 is 3.46. The first-order chi connectivity index (χ1) is 19.3. The Morgan fingerprint density at radius 2 is 1.18 bits per heavy atom. The number of rotatable bonds is 4. The van der Waals surface area contributed by atoms with Gasteiger partial charge in [-0.1, -0.05) is 88.7 Å². The molecule has 0 spiro atoms. The summed E-state index contributed by atoms with van der Waals surface area (Å²) in [5.41, 5.74) is 7.05. The zero-order valence-corrected chi connectivity index (χ0v) is 22.6. The van der Waals surface area contributed by atoms with Crippen LogP contribution in [0.25, 0.3) is 49.0 Å². The van der Waals surface area contributed by atoms with Crippen molar-refractivity contribution in [2.45, 2.75) is 0 Å². The second kappa shape index (κ2) is 8.72. The SMILES string of the molecule is Brc1ccc(N(c2ccc3ccccc3c2)c2ccc3c4c2ccc2cccc(c24)n3-c2ccccc2)cc1. The van der Waals surface area contributed by atoms with E-state index in [2.05, 4.69) is 165 Å². The molecule has 0 aliphatic rings. The Kier molecular flexibility index (Phi) is 5.01. The summed E-state index contributed by atoms with van der Waals surface area (Å²) >= 11 is 3.63. The van der Waals surface area contributed by atoms with E-state index in [0.29, 0.717) is 0 Å². The van der Waals surface area contributed by atoms with Crippen LogP contribution >= 0.6 is 15.9 Å². The van der Waals surface area contributed by atoms with Gasteiger partial charge in [-0.05, 0) is 82.9 Å². The number of para-hydroxylation sites is 1. The topological polar surface area (TPSA) is 8.17 Å². The molecule has 0 aliphatic carbocycles. The van der Waals surface area contributed by atoms with Gasteiger partial charge in [0.05, 0.1) is 16.7 Å². The Hall–Kier alpha value is -4.60. The normalized spacial score (nSPS) is 11.7. The second-order valence-corrected chi connectivity index (χ2v) is 10.9. The Balaban J connectivity index is 1.46. The Bertz CT molecular complexity index is 2120. The lowest BCUT2D eigenvalue weighted by Crippen LogP contribution is -2.10. The summed E-state index contributed by atoms with van der Waals surface area (Å²) in [5, 5.41) is 7.58. The Labute approximate surface area is 234 Å². The van der Waals surface area contributed by atoms with Crippen LogP contribution in [0.3, 0.4) is 0 Å². The van der Waals surface area contributed by atoms with Gasteiger partial charge in [-0.2, -0.15) is 0 Å². The van der Waals surface area contributed by atoms with Crippen molar-refractivity contribution in [1.29, 1.82) is 0 Å². The molecule has 39 heavy (non-hydrogen) atoms. The molecule has 0 fully saturated rings. The molecule has 0 radical (unpaired) electrons. The average Bonchev–Trinajstić information content (AvgIpc) is 3.33. The van der Waals surface area contributed by atoms with Crippen molar-refractivity contribution >= 4 is 76.3 Å². The largest absolute Gasteiger partial charge is 0.310 e. The van der Waals surface area contributed by atoms with Crippen LogP contribution in [0.15, 0.2) is 144 Å². The van der Waals surface area contributed by atoms with Gasteiger partial charge in [-0.3, -0.25) is 0 Å². The first kappa shape index (κ1) is 22.4. The van der Waals surface area contributed by atoms with E-state index >= 15 is 0 Å². The minimum atomic E-state index is 1.07.